The Morgan fingerprint density at radius 3 is 2.75 bits per heavy atom. The summed E-state index contributed by atoms with van der Waals surface area (Å²) in [6.07, 6.45) is 2.80. The Labute approximate surface area is 129 Å². The largest absolute Gasteiger partial charge is 0.304 e. The summed E-state index contributed by atoms with van der Waals surface area (Å²) in [5.74, 6) is 0. The quantitative estimate of drug-likeness (QED) is 0.877. The standard InChI is InChI=1S/C14H21ClN4S/c1-5-6-16-12(14-10(4)17-8-20-14)13-11(15)7-18-19(13)9(2)3/h7-9,12,16H,5-6H2,1-4H3. The van der Waals surface area contributed by atoms with Crippen LogP contribution in [0.1, 0.15) is 55.5 Å². The van der Waals surface area contributed by atoms with Gasteiger partial charge in [0.05, 0.1) is 39.0 Å². The van der Waals surface area contributed by atoms with Crippen LogP contribution < -0.4 is 5.32 Å². The van der Waals surface area contributed by atoms with Gasteiger partial charge in [-0.25, -0.2) is 4.98 Å². The molecule has 4 nitrogen and oxygen atoms in total. The lowest BCUT2D eigenvalue weighted by Gasteiger charge is -2.21. The van der Waals surface area contributed by atoms with E-state index in [0.29, 0.717) is 5.02 Å². The molecule has 0 amide bonds. The van der Waals surface area contributed by atoms with Gasteiger partial charge in [-0.15, -0.1) is 11.3 Å². The highest BCUT2D eigenvalue weighted by Crippen LogP contribution is 2.33. The number of rotatable bonds is 6. The van der Waals surface area contributed by atoms with Crippen molar-refractivity contribution in [2.45, 2.75) is 46.2 Å². The van der Waals surface area contributed by atoms with Crippen molar-refractivity contribution in [3.63, 3.8) is 0 Å². The van der Waals surface area contributed by atoms with E-state index in [0.717, 1.165) is 24.4 Å². The van der Waals surface area contributed by atoms with Crippen LogP contribution in [0.15, 0.2) is 11.7 Å². The molecule has 0 aromatic carbocycles. The molecule has 1 N–H and O–H groups in total. The maximum atomic E-state index is 6.39. The van der Waals surface area contributed by atoms with Gasteiger partial charge in [0, 0.05) is 6.04 Å². The molecule has 2 aromatic heterocycles. The predicted octanol–water partition coefficient (Wildman–Crippen LogP) is 3.97. The van der Waals surface area contributed by atoms with Crippen molar-refractivity contribution in [1.29, 1.82) is 0 Å². The average molecular weight is 313 g/mol. The van der Waals surface area contributed by atoms with E-state index in [4.69, 9.17) is 11.6 Å². The minimum atomic E-state index is 0.0554. The Morgan fingerprint density at radius 1 is 1.45 bits per heavy atom. The number of hydrogen-bond acceptors (Lipinski definition) is 4. The number of nitrogens with one attached hydrogen (secondary N) is 1. The second-order valence-corrected chi connectivity index (χ2v) is 6.40. The van der Waals surface area contributed by atoms with Gasteiger partial charge < -0.3 is 5.32 Å². The third-order valence-electron chi connectivity index (χ3n) is 3.19. The van der Waals surface area contributed by atoms with Gasteiger partial charge in [-0.3, -0.25) is 4.68 Å². The summed E-state index contributed by atoms with van der Waals surface area (Å²) in [6, 6.07) is 0.330. The van der Waals surface area contributed by atoms with Crippen LogP contribution in [0.3, 0.4) is 0 Å². The Kier molecular flexibility index (Phi) is 5.18. The summed E-state index contributed by atoms with van der Waals surface area (Å²) in [5, 5.41) is 8.70. The highest BCUT2D eigenvalue weighted by molar-refractivity contribution is 7.09. The van der Waals surface area contributed by atoms with Crippen molar-refractivity contribution in [3.05, 3.63) is 33.0 Å². The summed E-state index contributed by atoms with van der Waals surface area (Å²) in [6.45, 7) is 9.36. The van der Waals surface area contributed by atoms with Crippen molar-refractivity contribution < 1.29 is 0 Å². The van der Waals surface area contributed by atoms with Crippen LogP contribution in [0.5, 0.6) is 0 Å². The van der Waals surface area contributed by atoms with Crippen molar-refractivity contribution >= 4 is 22.9 Å². The molecular formula is C14H21ClN4S. The summed E-state index contributed by atoms with van der Waals surface area (Å²) in [4.78, 5) is 5.58. The van der Waals surface area contributed by atoms with Crippen molar-refractivity contribution in [2.24, 2.45) is 0 Å². The topological polar surface area (TPSA) is 42.7 Å². The third-order valence-corrected chi connectivity index (χ3v) is 4.48. The maximum absolute atomic E-state index is 6.39. The summed E-state index contributed by atoms with van der Waals surface area (Å²) < 4.78 is 1.99. The van der Waals surface area contributed by atoms with E-state index in [1.807, 2.05) is 17.1 Å². The predicted molar refractivity (Wildman–Crippen MR) is 84.6 cm³/mol. The number of nitrogens with zero attached hydrogens (tertiary/aromatic N) is 3. The fourth-order valence-corrected chi connectivity index (χ4v) is 3.34. The Balaban J connectivity index is 2.46. The Bertz CT molecular complexity index is 561. The molecule has 0 aliphatic rings. The van der Waals surface area contributed by atoms with Crippen LogP contribution in [-0.2, 0) is 0 Å². The molecule has 2 heterocycles. The first kappa shape index (κ1) is 15.5. The van der Waals surface area contributed by atoms with E-state index in [1.54, 1.807) is 17.5 Å². The Hall–Kier alpha value is -0.910. The van der Waals surface area contributed by atoms with Crippen molar-refractivity contribution in [2.75, 3.05) is 6.54 Å². The monoisotopic (exact) mass is 312 g/mol. The van der Waals surface area contributed by atoms with Crippen LogP contribution >= 0.6 is 22.9 Å². The molecule has 0 aliphatic heterocycles. The molecule has 1 atom stereocenters. The number of aromatic nitrogens is 3. The SMILES string of the molecule is CCCNC(c1scnc1C)c1c(Cl)cnn1C(C)C. The summed E-state index contributed by atoms with van der Waals surface area (Å²) >= 11 is 8.05. The van der Waals surface area contributed by atoms with E-state index < -0.39 is 0 Å². The molecule has 0 saturated heterocycles. The molecule has 2 rings (SSSR count). The fourth-order valence-electron chi connectivity index (χ4n) is 2.22. The zero-order chi connectivity index (χ0) is 14.7. The van der Waals surface area contributed by atoms with Crippen molar-refractivity contribution in [1.82, 2.24) is 20.1 Å². The molecule has 110 valence electrons. The minimum Gasteiger partial charge on any atom is -0.304 e. The smallest absolute Gasteiger partial charge is 0.0876 e. The molecule has 0 bridgehead atoms. The molecule has 1 unspecified atom stereocenters. The molecular weight excluding hydrogens is 292 g/mol. The number of thiazole rings is 1. The van der Waals surface area contributed by atoms with E-state index in [9.17, 15) is 0 Å². The second kappa shape index (κ2) is 6.70. The van der Waals surface area contributed by atoms with Crippen LogP contribution in [-0.4, -0.2) is 21.3 Å². The van der Waals surface area contributed by atoms with Crippen LogP contribution in [0.4, 0.5) is 0 Å². The van der Waals surface area contributed by atoms with Crippen molar-refractivity contribution in [3.8, 4) is 0 Å². The van der Waals surface area contributed by atoms with Crippen LogP contribution in [0, 0.1) is 6.92 Å². The normalized spacial score (nSPS) is 13.1. The Morgan fingerprint density at radius 2 is 2.20 bits per heavy atom. The van der Waals surface area contributed by atoms with Gasteiger partial charge in [-0.05, 0) is 33.7 Å². The fraction of sp³-hybridized carbons (Fsp3) is 0.571. The number of aryl methyl sites for hydroxylation is 1. The molecule has 0 fully saturated rings. The van der Waals surface area contributed by atoms with Gasteiger partial charge in [0.2, 0.25) is 0 Å². The lowest BCUT2D eigenvalue weighted by atomic mass is 10.1. The molecule has 0 saturated carbocycles. The molecule has 0 spiro atoms. The highest BCUT2D eigenvalue weighted by Gasteiger charge is 2.25. The van der Waals surface area contributed by atoms with Crippen LogP contribution in [0.25, 0.3) is 0 Å². The lowest BCUT2D eigenvalue weighted by Crippen LogP contribution is -2.26. The number of hydrogen-bond donors (Lipinski definition) is 1. The second-order valence-electron chi connectivity index (χ2n) is 5.11. The zero-order valence-electron chi connectivity index (χ0n) is 12.4. The van der Waals surface area contributed by atoms with E-state index in [-0.39, 0.29) is 12.1 Å². The molecule has 6 heteroatoms. The minimum absolute atomic E-state index is 0.0554. The molecule has 0 radical (unpaired) electrons. The van der Waals surface area contributed by atoms with E-state index >= 15 is 0 Å². The van der Waals surface area contributed by atoms with Gasteiger partial charge in [0.25, 0.3) is 0 Å². The van der Waals surface area contributed by atoms with Gasteiger partial charge in [0.15, 0.2) is 0 Å². The van der Waals surface area contributed by atoms with Gasteiger partial charge in [-0.1, -0.05) is 18.5 Å². The lowest BCUT2D eigenvalue weighted by molar-refractivity contribution is 0.473. The molecule has 0 aliphatic carbocycles. The zero-order valence-corrected chi connectivity index (χ0v) is 13.9. The van der Waals surface area contributed by atoms with Gasteiger partial charge in [-0.2, -0.15) is 5.10 Å². The van der Waals surface area contributed by atoms with E-state index in [2.05, 4.69) is 36.2 Å². The maximum Gasteiger partial charge on any atom is 0.0876 e. The van der Waals surface area contributed by atoms with Gasteiger partial charge >= 0.3 is 0 Å². The molecule has 2 aromatic rings. The van der Waals surface area contributed by atoms with Gasteiger partial charge in [0.1, 0.15) is 0 Å². The average Bonchev–Trinajstić information content (AvgIpc) is 2.98. The first-order valence-electron chi connectivity index (χ1n) is 6.92. The third kappa shape index (κ3) is 3.05. The summed E-state index contributed by atoms with van der Waals surface area (Å²) in [7, 11) is 0. The van der Waals surface area contributed by atoms with Crippen LogP contribution in [0.2, 0.25) is 5.02 Å². The first-order valence-corrected chi connectivity index (χ1v) is 8.18. The molecule has 20 heavy (non-hydrogen) atoms. The van der Waals surface area contributed by atoms with E-state index in [1.165, 1.54) is 4.88 Å². The number of halogens is 1. The highest BCUT2D eigenvalue weighted by atomic mass is 35.5. The first-order chi connectivity index (χ1) is 9.56. The summed E-state index contributed by atoms with van der Waals surface area (Å²) in [5.41, 5.74) is 3.97.